The lowest BCUT2D eigenvalue weighted by Crippen LogP contribution is -2.03. The smallest absolute Gasteiger partial charge is 0.190 e. The molecule has 4 rings (SSSR count). The molecule has 0 saturated heterocycles. The average Bonchev–Trinajstić information content (AvgIpc) is 2.85. The largest absolute Gasteiger partial charge is 0.454 e. The number of nitrogens with zero attached hydrogens (tertiary/aromatic N) is 1. The fourth-order valence-electron chi connectivity index (χ4n) is 2.39. The van der Waals surface area contributed by atoms with E-state index in [0.29, 0.717) is 11.3 Å². The molecule has 0 radical (unpaired) electrons. The molecule has 4 nitrogen and oxygen atoms in total. The van der Waals surface area contributed by atoms with Gasteiger partial charge in [0.15, 0.2) is 11.0 Å². The molecule has 0 amide bonds. The van der Waals surface area contributed by atoms with Crippen LogP contribution in [0.15, 0.2) is 64.2 Å². The number of para-hydroxylation sites is 1. The maximum absolute atomic E-state index is 11.9. The van der Waals surface area contributed by atoms with Crippen LogP contribution in [0.25, 0.3) is 33.2 Å². The first-order valence-electron chi connectivity index (χ1n) is 6.28. The van der Waals surface area contributed by atoms with Gasteiger partial charge in [-0.1, -0.05) is 18.2 Å². The second-order valence-electron chi connectivity index (χ2n) is 4.59. The van der Waals surface area contributed by atoms with Crippen LogP contribution in [0.1, 0.15) is 0 Å². The van der Waals surface area contributed by atoms with Crippen molar-refractivity contribution in [3.05, 3.63) is 65.2 Å². The highest BCUT2D eigenvalue weighted by molar-refractivity contribution is 6.05. The molecule has 1 N–H and O–H groups in total. The van der Waals surface area contributed by atoms with E-state index in [1.54, 1.807) is 18.6 Å². The van der Waals surface area contributed by atoms with Crippen LogP contribution in [-0.2, 0) is 0 Å². The zero-order valence-corrected chi connectivity index (χ0v) is 10.5. The maximum atomic E-state index is 11.9. The Bertz CT molecular complexity index is 982. The van der Waals surface area contributed by atoms with Crippen molar-refractivity contribution in [1.29, 1.82) is 0 Å². The molecule has 0 aliphatic carbocycles. The van der Waals surface area contributed by atoms with Crippen LogP contribution in [0, 0.1) is 0 Å². The fraction of sp³-hybridized carbons (Fsp3) is 0. The number of fused-ring (bicyclic) bond motifs is 3. The van der Waals surface area contributed by atoms with Crippen molar-refractivity contribution in [2.75, 3.05) is 0 Å². The molecule has 0 spiro atoms. The minimum Gasteiger partial charge on any atom is -0.454 e. The Balaban J connectivity index is 2.06. The van der Waals surface area contributed by atoms with E-state index in [0.717, 1.165) is 21.9 Å². The number of aromatic nitrogens is 2. The third-order valence-electron chi connectivity index (χ3n) is 3.36. The summed E-state index contributed by atoms with van der Waals surface area (Å²) in [5, 5.41) is 1.99. The highest BCUT2D eigenvalue weighted by Gasteiger charge is 2.10. The zero-order chi connectivity index (χ0) is 13.5. The Hall–Kier alpha value is -2.88. The van der Waals surface area contributed by atoms with E-state index in [4.69, 9.17) is 4.42 Å². The SMILES string of the molecule is O=c1cc[nH]cc1-c1cc2c(cn1)oc1ccccc12. The summed E-state index contributed by atoms with van der Waals surface area (Å²) in [4.78, 5) is 19.1. The van der Waals surface area contributed by atoms with Crippen molar-refractivity contribution >= 4 is 21.9 Å². The van der Waals surface area contributed by atoms with Crippen molar-refractivity contribution in [2.45, 2.75) is 0 Å². The quantitative estimate of drug-likeness (QED) is 0.572. The number of pyridine rings is 2. The van der Waals surface area contributed by atoms with Gasteiger partial charge in [-0.2, -0.15) is 0 Å². The average molecular weight is 262 g/mol. The first-order chi connectivity index (χ1) is 9.83. The van der Waals surface area contributed by atoms with Crippen LogP contribution in [0.4, 0.5) is 0 Å². The van der Waals surface area contributed by atoms with Crippen molar-refractivity contribution in [2.24, 2.45) is 0 Å². The number of aromatic amines is 1. The molecule has 0 aliphatic rings. The molecule has 3 aromatic heterocycles. The third-order valence-corrected chi connectivity index (χ3v) is 3.36. The molecule has 4 heteroatoms. The molecule has 4 aromatic rings. The third kappa shape index (κ3) is 1.55. The van der Waals surface area contributed by atoms with Crippen LogP contribution in [0.5, 0.6) is 0 Å². The molecule has 0 fully saturated rings. The molecule has 1 aromatic carbocycles. The predicted molar refractivity (Wildman–Crippen MR) is 77.6 cm³/mol. The second kappa shape index (κ2) is 4.06. The summed E-state index contributed by atoms with van der Waals surface area (Å²) in [5.74, 6) is 0. The number of rotatable bonds is 1. The first kappa shape index (κ1) is 11.0. The lowest BCUT2D eigenvalue weighted by Gasteiger charge is -1.99. The standard InChI is InChI=1S/C16H10N2O2/c19-14-5-6-17-8-12(14)13-7-11-10-3-1-2-4-15(10)20-16(11)9-18-13/h1-9H,(H,17,19). The number of hydrogen-bond acceptors (Lipinski definition) is 3. The minimum atomic E-state index is -0.0524. The summed E-state index contributed by atoms with van der Waals surface area (Å²) in [7, 11) is 0. The Morgan fingerprint density at radius 1 is 1.05 bits per heavy atom. The van der Waals surface area contributed by atoms with Gasteiger partial charge in [-0.05, 0) is 12.1 Å². The monoisotopic (exact) mass is 262 g/mol. The maximum Gasteiger partial charge on any atom is 0.190 e. The van der Waals surface area contributed by atoms with E-state index in [2.05, 4.69) is 9.97 Å². The van der Waals surface area contributed by atoms with Gasteiger partial charge >= 0.3 is 0 Å². The lowest BCUT2D eigenvalue weighted by molar-refractivity contribution is 0.667. The second-order valence-corrected chi connectivity index (χ2v) is 4.59. The van der Waals surface area contributed by atoms with Gasteiger partial charge in [0.25, 0.3) is 0 Å². The molecule has 0 aliphatic heterocycles. The Labute approximate surface area is 113 Å². The molecule has 0 atom stereocenters. The highest BCUT2D eigenvalue weighted by Crippen LogP contribution is 2.29. The van der Waals surface area contributed by atoms with Crippen molar-refractivity contribution < 1.29 is 4.42 Å². The summed E-state index contributed by atoms with van der Waals surface area (Å²) < 4.78 is 5.73. The number of hydrogen-bond donors (Lipinski definition) is 1. The van der Waals surface area contributed by atoms with E-state index in [-0.39, 0.29) is 5.43 Å². The number of H-pyrrole nitrogens is 1. The van der Waals surface area contributed by atoms with Crippen molar-refractivity contribution in [3.63, 3.8) is 0 Å². The van der Waals surface area contributed by atoms with E-state index in [9.17, 15) is 4.79 Å². The summed E-state index contributed by atoms with van der Waals surface area (Å²) >= 11 is 0. The van der Waals surface area contributed by atoms with Gasteiger partial charge in [-0.25, -0.2) is 0 Å². The first-order valence-corrected chi connectivity index (χ1v) is 6.28. The predicted octanol–water partition coefficient (Wildman–Crippen LogP) is 3.34. The summed E-state index contributed by atoms with van der Waals surface area (Å²) in [5.41, 5.74) is 2.69. The summed E-state index contributed by atoms with van der Waals surface area (Å²) in [6, 6.07) is 11.2. The topological polar surface area (TPSA) is 58.9 Å². The molecule has 96 valence electrons. The molecule has 0 bridgehead atoms. The van der Waals surface area contributed by atoms with Crippen LogP contribution in [0.2, 0.25) is 0 Å². The van der Waals surface area contributed by atoms with Crippen molar-refractivity contribution in [3.8, 4) is 11.3 Å². The van der Waals surface area contributed by atoms with Gasteiger partial charge in [0.1, 0.15) is 5.58 Å². The van der Waals surface area contributed by atoms with E-state index in [1.807, 2.05) is 30.3 Å². The fourth-order valence-corrected chi connectivity index (χ4v) is 2.39. The van der Waals surface area contributed by atoms with Gasteiger partial charge < -0.3 is 9.40 Å². The number of benzene rings is 1. The van der Waals surface area contributed by atoms with Gasteiger partial charge in [0.05, 0.1) is 17.5 Å². The van der Waals surface area contributed by atoms with Crippen LogP contribution in [-0.4, -0.2) is 9.97 Å². The van der Waals surface area contributed by atoms with Gasteiger partial charge in [-0.3, -0.25) is 9.78 Å². The normalized spacial score (nSPS) is 11.2. The van der Waals surface area contributed by atoms with Crippen LogP contribution in [0.3, 0.4) is 0 Å². The number of furan rings is 1. The number of nitrogens with one attached hydrogen (secondary N) is 1. The Kier molecular flexibility index (Phi) is 2.23. The van der Waals surface area contributed by atoms with E-state index < -0.39 is 0 Å². The van der Waals surface area contributed by atoms with Gasteiger partial charge in [0, 0.05) is 29.2 Å². The van der Waals surface area contributed by atoms with Gasteiger partial charge in [-0.15, -0.1) is 0 Å². The van der Waals surface area contributed by atoms with Crippen molar-refractivity contribution in [1.82, 2.24) is 9.97 Å². The summed E-state index contributed by atoms with van der Waals surface area (Å²) in [6.07, 6.45) is 4.94. The van der Waals surface area contributed by atoms with E-state index in [1.165, 1.54) is 6.07 Å². The van der Waals surface area contributed by atoms with Crippen LogP contribution >= 0.6 is 0 Å². The zero-order valence-electron chi connectivity index (χ0n) is 10.5. The molecule has 0 saturated carbocycles. The molecular weight excluding hydrogens is 252 g/mol. The van der Waals surface area contributed by atoms with Gasteiger partial charge in [0.2, 0.25) is 0 Å². The molecule has 0 unspecified atom stereocenters. The minimum absolute atomic E-state index is 0.0524. The highest BCUT2D eigenvalue weighted by atomic mass is 16.3. The Morgan fingerprint density at radius 2 is 1.95 bits per heavy atom. The summed E-state index contributed by atoms with van der Waals surface area (Å²) in [6.45, 7) is 0. The Morgan fingerprint density at radius 3 is 2.85 bits per heavy atom. The molecular formula is C16H10N2O2. The molecule has 20 heavy (non-hydrogen) atoms. The lowest BCUT2D eigenvalue weighted by atomic mass is 10.1. The molecule has 3 heterocycles. The van der Waals surface area contributed by atoms with Crippen LogP contribution < -0.4 is 5.43 Å². The van der Waals surface area contributed by atoms with E-state index >= 15 is 0 Å².